The minimum absolute atomic E-state index is 0.160. The number of benzene rings is 1. The number of anilines is 3. The van der Waals surface area contributed by atoms with Crippen LogP contribution < -0.4 is 15.1 Å². The fraction of sp³-hybridized carbons (Fsp3) is 0.200. The van der Waals surface area contributed by atoms with E-state index in [-0.39, 0.29) is 5.91 Å². The number of carbonyl (C=O) groups is 1. The summed E-state index contributed by atoms with van der Waals surface area (Å²) in [5.74, 6) is 0.595. The van der Waals surface area contributed by atoms with E-state index in [2.05, 4.69) is 30.1 Å². The third kappa shape index (κ3) is 4.03. The lowest BCUT2D eigenvalue weighted by Crippen LogP contribution is -2.47. The molecule has 0 saturated carbocycles. The summed E-state index contributed by atoms with van der Waals surface area (Å²) in [6.07, 6.45) is 6.91. The molecule has 3 aromatic rings. The van der Waals surface area contributed by atoms with E-state index in [4.69, 9.17) is 0 Å². The summed E-state index contributed by atoms with van der Waals surface area (Å²) in [5.41, 5.74) is 2.26. The first-order chi connectivity index (χ1) is 13.3. The number of amides is 1. The fourth-order valence-corrected chi connectivity index (χ4v) is 3.07. The highest BCUT2D eigenvalue weighted by atomic mass is 16.1. The second kappa shape index (κ2) is 7.82. The Kier molecular flexibility index (Phi) is 4.91. The Morgan fingerprint density at radius 2 is 1.59 bits per heavy atom. The molecule has 1 aliphatic rings. The molecule has 7 heteroatoms. The largest absolute Gasteiger partial charge is 0.367 e. The van der Waals surface area contributed by atoms with Gasteiger partial charge in [0.15, 0.2) is 0 Å². The van der Waals surface area contributed by atoms with Crippen LogP contribution in [0.2, 0.25) is 0 Å². The number of piperazine rings is 1. The van der Waals surface area contributed by atoms with Gasteiger partial charge >= 0.3 is 0 Å². The van der Waals surface area contributed by atoms with E-state index in [9.17, 15) is 4.79 Å². The van der Waals surface area contributed by atoms with Crippen molar-refractivity contribution >= 4 is 23.2 Å². The molecule has 0 radical (unpaired) electrons. The smallest absolute Gasteiger partial charge is 0.257 e. The molecule has 1 aromatic carbocycles. The van der Waals surface area contributed by atoms with Crippen LogP contribution in [0.1, 0.15) is 10.4 Å². The molecule has 1 amide bonds. The van der Waals surface area contributed by atoms with Crippen molar-refractivity contribution in [1.29, 1.82) is 0 Å². The van der Waals surface area contributed by atoms with Gasteiger partial charge in [-0.3, -0.25) is 9.78 Å². The molecule has 27 heavy (non-hydrogen) atoms. The molecule has 136 valence electrons. The van der Waals surface area contributed by atoms with E-state index in [1.165, 1.54) is 0 Å². The standard InChI is InChI=1S/C20H20N6O/c27-19(24-17-5-2-1-3-6-17)16-13-18(15-21-14-16)25-9-11-26(12-10-25)20-22-7-4-8-23-20/h1-8,13-15H,9-12H2,(H,24,27). The lowest BCUT2D eigenvalue weighted by molar-refractivity contribution is 0.102. The van der Waals surface area contributed by atoms with E-state index in [1.54, 1.807) is 24.8 Å². The predicted molar refractivity (Wildman–Crippen MR) is 105 cm³/mol. The molecular weight excluding hydrogens is 340 g/mol. The van der Waals surface area contributed by atoms with Crippen LogP contribution in [0.3, 0.4) is 0 Å². The average Bonchev–Trinajstić information content (AvgIpc) is 2.75. The summed E-state index contributed by atoms with van der Waals surface area (Å²) < 4.78 is 0. The summed E-state index contributed by atoms with van der Waals surface area (Å²) in [5, 5.41) is 2.89. The van der Waals surface area contributed by atoms with Crippen LogP contribution >= 0.6 is 0 Å². The number of aromatic nitrogens is 3. The van der Waals surface area contributed by atoms with Crippen LogP contribution in [0.15, 0.2) is 67.3 Å². The number of carbonyl (C=O) groups excluding carboxylic acids is 1. The minimum atomic E-state index is -0.160. The van der Waals surface area contributed by atoms with Gasteiger partial charge in [-0.15, -0.1) is 0 Å². The summed E-state index contributed by atoms with van der Waals surface area (Å²) in [6, 6.07) is 13.1. The Morgan fingerprint density at radius 1 is 0.889 bits per heavy atom. The molecule has 0 unspecified atom stereocenters. The zero-order valence-corrected chi connectivity index (χ0v) is 14.8. The van der Waals surface area contributed by atoms with Crippen LogP contribution in [0.5, 0.6) is 0 Å². The van der Waals surface area contributed by atoms with Crippen molar-refractivity contribution in [2.45, 2.75) is 0 Å². The van der Waals surface area contributed by atoms with E-state index in [1.807, 2.05) is 42.5 Å². The lowest BCUT2D eigenvalue weighted by Gasteiger charge is -2.35. The topological polar surface area (TPSA) is 74.2 Å². The normalized spacial score (nSPS) is 14.1. The number of rotatable bonds is 4. The highest BCUT2D eigenvalue weighted by molar-refractivity contribution is 6.04. The first kappa shape index (κ1) is 17.0. The monoisotopic (exact) mass is 360 g/mol. The van der Waals surface area contributed by atoms with Crippen LogP contribution in [0, 0.1) is 0 Å². The maximum Gasteiger partial charge on any atom is 0.257 e. The van der Waals surface area contributed by atoms with Crippen molar-refractivity contribution in [3.05, 3.63) is 72.8 Å². The Labute approximate surface area is 157 Å². The van der Waals surface area contributed by atoms with Gasteiger partial charge in [-0.25, -0.2) is 9.97 Å². The van der Waals surface area contributed by atoms with Crippen molar-refractivity contribution in [3.63, 3.8) is 0 Å². The first-order valence-corrected chi connectivity index (χ1v) is 8.88. The molecule has 1 fully saturated rings. The van der Waals surface area contributed by atoms with E-state index in [0.29, 0.717) is 5.56 Å². The van der Waals surface area contributed by atoms with E-state index in [0.717, 1.165) is 43.5 Å². The number of hydrogen-bond donors (Lipinski definition) is 1. The summed E-state index contributed by atoms with van der Waals surface area (Å²) in [4.78, 5) is 29.8. The maximum absolute atomic E-state index is 12.5. The second-order valence-electron chi connectivity index (χ2n) is 6.27. The van der Waals surface area contributed by atoms with Gasteiger partial charge in [-0.05, 0) is 24.3 Å². The molecule has 1 N–H and O–H groups in total. The molecule has 0 bridgehead atoms. The second-order valence-corrected chi connectivity index (χ2v) is 6.27. The predicted octanol–water partition coefficient (Wildman–Crippen LogP) is 2.45. The number of hydrogen-bond acceptors (Lipinski definition) is 6. The number of pyridine rings is 1. The van der Waals surface area contributed by atoms with Gasteiger partial charge < -0.3 is 15.1 Å². The van der Waals surface area contributed by atoms with Crippen molar-refractivity contribution in [2.75, 3.05) is 41.3 Å². The number of nitrogens with one attached hydrogen (secondary N) is 1. The molecule has 1 aliphatic heterocycles. The number of para-hydroxylation sites is 1. The Balaban J connectivity index is 1.42. The average molecular weight is 360 g/mol. The van der Waals surface area contributed by atoms with Crippen LogP contribution in [-0.4, -0.2) is 47.0 Å². The Morgan fingerprint density at radius 3 is 2.33 bits per heavy atom. The Bertz CT molecular complexity index is 895. The van der Waals surface area contributed by atoms with Gasteiger partial charge in [0, 0.05) is 50.5 Å². The highest BCUT2D eigenvalue weighted by Gasteiger charge is 2.20. The summed E-state index contributed by atoms with van der Waals surface area (Å²) in [6.45, 7) is 3.29. The summed E-state index contributed by atoms with van der Waals surface area (Å²) >= 11 is 0. The van der Waals surface area contributed by atoms with Crippen LogP contribution in [0.25, 0.3) is 0 Å². The highest BCUT2D eigenvalue weighted by Crippen LogP contribution is 2.19. The van der Waals surface area contributed by atoms with Gasteiger partial charge in [-0.1, -0.05) is 18.2 Å². The van der Waals surface area contributed by atoms with Gasteiger partial charge in [0.05, 0.1) is 17.4 Å². The van der Waals surface area contributed by atoms with Crippen molar-refractivity contribution in [2.24, 2.45) is 0 Å². The Hall–Kier alpha value is -3.48. The molecule has 4 rings (SSSR count). The van der Waals surface area contributed by atoms with Crippen molar-refractivity contribution in [3.8, 4) is 0 Å². The molecule has 2 aromatic heterocycles. The minimum Gasteiger partial charge on any atom is -0.367 e. The SMILES string of the molecule is O=C(Nc1ccccc1)c1cncc(N2CCN(c3ncccn3)CC2)c1. The van der Waals surface area contributed by atoms with Gasteiger partial charge in [0.1, 0.15) is 0 Å². The molecule has 0 atom stereocenters. The van der Waals surface area contributed by atoms with Crippen molar-refractivity contribution in [1.82, 2.24) is 15.0 Å². The zero-order valence-electron chi connectivity index (χ0n) is 14.8. The van der Waals surface area contributed by atoms with E-state index >= 15 is 0 Å². The lowest BCUT2D eigenvalue weighted by atomic mass is 10.2. The van der Waals surface area contributed by atoms with Crippen molar-refractivity contribution < 1.29 is 4.79 Å². The first-order valence-electron chi connectivity index (χ1n) is 8.88. The molecule has 0 aliphatic carbocycles. The van der Waals surface area contributed by atoms with Gasteiger partial charge in [0.2, 0.25) is 5.95 Å². The third-order valence-corrected chi connectivity index (χ3v) is 4.50. The quantitative estimate of drug-likeness (QED) is 0.770. The van der Waals surface area contributed by atoms with E-state index < -0.39 is 0 Å². The van der Waals surface area contributed by atoms with Crippen LogP contribution in [0.4, 0.5) is 17.3 Å². The maximum atomic E-state index is 12.5. The molecule has 7 nitrogen and oxygen atoms in total. The van der Waals surface area contributed by atoms with Gasteiger partial charge in [0.25, 0.3) is 5.91 Å². The molecular formula is C20H20N6O. The zero-order chi connectivity index (χ0) is 18.5. The fourth-order valence-electron chi connectivity index (χ4n) is 3.07. The molecule has 3 heterocycles. The molecule has 1 saturated heterocycles. The molecule has 0 spiro atoms. The van der Waals surface area contributed by atoms with Gasteiger partial charge in [-0.2, -0.15) is 0 Å². The van der Waals surface area contributed by atoms with Crippen LogP contribution in [-0.2, 0) is 0 Å². The third-order valence-electron chi connectivity index (χ3n) is 4.50. The summed E-state index contributed by atoms with van der Waals surface area (Å²) in [7, 11) is 0. The number of nitrogens with zero attached hydrogens (tertiary/aromatic N) is 5.